The lowest BCUT2D eigenvalue weighted by molar-refractivity contribution is -0.384. The van der Waals surface area contributed by atoms with Crippen molar-refractivity contribution < 1.29 is 14.5 Å². The topological polar surface area (TPSA) is 93.5 Å². The Morgan fingerprint density at radius 2 is 1.56 bits per heavy atom. The lowest BCUT2D eigenvalue weighted by atomic mass is 10.1. The lowest BCUT2D eigenvalue weighted by Crippen LogP contribution is -2.13. The van der Waals surface area contributed by atoms with Gasteiger partial charge in [-0.1, -0.05) is 12.1 Å². The zero-order valence-corrected chi connectivity index (χ0v) is 14.5. The first-order chi connectivity index (χ1) is 13.1. The molecule has 0 aliphatic heterocycles. The van der Waals surface area contributed by atoms with Crippen LogP contribution in [-0.2, 0) is 0 Å². The maximum Gasteiger partial charge on any atom is 0.269 e. The number of rotatable bonds is 6. The third kappa shape index (κ3) is 4.40. The number of amides is 1. The van der Waals surface area contributed by atoms with Gasteiger partial charge in [-0.2, -0.15) is 0 Å². The normalized spacial score (nSPS) is 10.1. The van der Waals surface area contributed by atoms with Crippen molar-refractivity contribution in [1.29, 1.82) is 0 Å². The molecule has 0 atom stereocenters. The number of nitrogens with one attached hydrogen (secondary N) is 2. The van der Waals surface area contributed by atoms with E-state index in [-0.39, 0.29) is 11.6 Å². The number of hydrogen-bond acceptors (Lipinski definition) is 5. The number of ether oxygens (including phenoxy) is 1. The van der Waals surface area contributed by atoms with Crippen molar-refractivity contribution in [3.05, 3.63) is 88.5 Å². The summed E-state index contributed by atoms with van der Waals surface area (Å²) in [5, 5.41) is 16.7. The number of carbonyl (C=O) groups is 1. The van der Waals surface area contributed by atoms with E-state index in [9.17, 15) is 14.9 Å². The molecule has 3 aromatic carbocycles. The maximum atomic E-state index is 12.7. The van der Waals surface area contributed by atoms with Crippen LogP contribution in [0.4, 0.5) is 22.7 Å². The first-order valence-electron chi connectivity index (χ1n) is 8.13. The minimum atomic E-state index is -0.458. The van der Waals surface area contributed by atoms with E-state index < -0.39 is 4.92 Å². The van der Waals surface area contributed by atoms with Gasteiger partial charge in [0, 0.05) is 23.5 Å². The Morgan fingerprint density at radius 1 is 0.926 bits per heavy atom. The van der Waals surface area contributed by atoms with Crippen LogP contribution in [-0.4, -0.2) is 17.9 Å². The molecule has 0 aliphatic rings. The minimum absolute atomic E-state index is 0.00563. The Bertz CT molecular complexity index is 954. The summed E-state index contributed by atoms with van der Waals surface area (Å²) in [6.45, 7) is 0. The van der Waals surface area contributed by atoms with Crippen molar-refractivity contribution in [2.75, 3.05) is 17.7 Å². The number of methoxy groups -OCH3 is 1. The van der Waals surface area contributed by atoms with E-state index in [0.29, 0.717) is 28.4 Å². The number of nitrogens with zero attached hydrogens (tertiary/aromatic N) is 1. The molecule has 7 heteroatoms. The predicted molar refractivity (Wildman–Crippen MR) is 104 cm³/mol. The summed E-state index contributed by atoms with van der Waals surface area (Å²) < 4.78 is 5.10. The molecule has 0 aliphatic carbocycles. The SMILES string of the molecule is COc1ccc(NC(=O)c2ccccc2Nc2ccc([N+](=O)[O-])cc2)cc1. The molecule has 0 spiro atoms. The highest BCUT2D eigenvalue weighted by atomic mass is 16.6. The first kappa shape index (κ1) is 17.9. The van der Waals surface area contributed by atoms with Crippen LogP contribution in [0.5, 0.6) is 5.75 Å². The van der Waals surface area contributed by atoms with E-state index in [1.54, 1.807) is 67.8 Å². The summed E-state index contributed by atoms with van der Waals surface area (Å²) in [4.78, 5) is 22.9. The van der Waals surface area contributed by atoms with E-state index in [2.05, 4.69) is 10.6 Å². The van der Waals surface area contributed by atoms with Crippen LogP contribution in [0.1, 0.15) is 10.4 Å². The van der Waals surface area contributed by atoms with Gasteiger partial charge in [0.2, 0.25) is 0 Å². The number of carbonyl (C=O) groups excluding carboxylic acids is 1. The molecule has 0 saturated carbocycles. The van der Waals surface area contributed by atoms with Gasteiger partial charge < -0.3 is 15.4 Å². The van der Waals surface area contributed by atoms with Gasteiger partial charge in [-0.05, 0) is 48.5 Å². The number of hydrogen-bond donors (Lipinski definition) is 2. The summed E-state index contributed by atoms with van der Waals surface area (Å²) in [5.41, 5.74) is 2.34. The lowest BCUT2D eigenvalue weighted by Gasteiger charge is -2.12. The predicted octanol–water partition coefficient (Wildman–Crippen LogP) is 4.60. The zero-order valence-electron chi connectivity index (χ0n) is 14.5. The smallest absolute Gasteiger partial charge is 0.269 e. The van der Waals surface area contributed by atoms with Gasteiger partial charge in [0.15, 0.2) is 0 Å². The largest absolute Gasteiger partial charge is 0.497 e. The van der Waals surface area contributed by atoms with E-state index >= 15 is 0 Å². The van der Waals surface area contributed by atoms with Gasteiger partial charge >= 0.3 is 0 Å². The highest BCUT2D eigenvalue weighted by Crippen LogP contribution is 2.24. The van der Waals surface area contributed by atoms with Crippen LogP contribution >= 0.6 is 0 Å². The monoisotopic (exact) mass is 363 g/mol. The Morgan fingerprint density at radius 3 is 2.19 bits per heavy atom. The summed E-state index contributed by atoms with van der Waals surface area (Å²) >= 11 is 0. The van der Waals surface area contributed by atoms with Crippen LogP contribution in [0.15, 0.2) is 72.8 Å². The number of anilines is 3. The van der Waals surface area contributed by atoms with Crippen LogP contribution < -0.4 is 15.4 Å². The Balaban J connectivity index is 1.78. The molecule has 27 heavy (non-hydrogen) atoms. The second-order valence-electron chi connectivity index (χ2n) is 5.66. The van der Waals surface area contributed by atoms with E-state index in [1.807, 2.05) is 0 Å². The second kappa shape index (κ2) is 8.01. The van der Waals surface area contributed by atoms with E-state index in [0.717, 1.165) is 0 Å². The van der Waals surface area contributed by atoms with Crippen molar-refractivity contribution in [1.82, 2.24) is 0 Å². The summed E-state index contributed by atoms with van der Waals surface area (Å²) in [7, 11) is 1.58. The van der Waals surface area contributed by atoms with Crippen LogP contribution in [0.2, 0.25) is 0 Å². The molecule has 0 radical (unpaired) electrons. The van der Waals surface area contributed by atoms with Gasteiger partial charge in [-0.15, -0.1) is 0 Å². The summed E-state index contributed by atoms with van der Waals surface area (Å²) in [6.07, 6.45) is 0. The molecule has 1 amide bonds. The molecule has 0 unspecified atom stereocenters. The van der Waals surface area contributed by atoms with Gasteiger partial charge in [0.25, 0.3) is 11.6 Å². The molecule has 3 aromatic rings. The third-order valence-electron chi connectivity index (χ3n) is 3.88. The highest BCUT2D eigenvalue weighted by Gasteiger charge is 2.12. The standard InChI is InChI=1S/C20H17N3O4/c1-27-17-12-8-15(9-13-17)22-20(24)18-4-2-3-5-19(18)21-14-6-10-16(11-7-14)23(25)26/h2-13,21H,1H3,(H,22,24). The fourth-order valence-electron chi connectivity index (χ4n) is 2.48. The molecule has 0 bridgehead atoms. The molecule has 3 rings (SSSR count). The van der Waals surface area contributed by atoms with Crippen molar-refractivity contribution in [2.24, 2.45) is 0 Å². The minimum Gasteiger partial charge on any atom is -0.497 e. The van der Waals surface area contributed by atoms with Crippen LogP contribution in [0.25, 0.3) is 0 Å². The van der Waals surface area contributed by atoms with Gasteiger partial charge in [0.05, 0.1) is 23.3 Å². The number of non-ortho nitro benzene ring substituents is 1. The third-order valence-corrected chi connectivity index (χ3v) is 3.88. The second-order valence-corrected chi connectivity index (χ2v) is 5.66. The van der Waals surface area contributed by atoms with Gasteiger partial charge in [-0.25, -0.2) is 0 Å². The fraction of sp³-hybridized carbons (Fsp3) is 0.0500. The number of nitro benzene ring substituents is 1. The molecule has 136 valence electrons. The average molecular weight is 363 g/mol. The number of benzene rings is 3. The first-order valence-corrected chi connectivity index (χ1v) is 8.13. The number of nitro groups is 1. The molecule has 0 aromatic heterocycles. The van der Waals surface area contributed by atoms with Crippen molar-refractivity contribution in [3.63, 3.8) is 0 Å². The molecular weight excluding hydrogens is 346 g/mol. The highest BCUT2D eigenvalue weighted by molar-refractivity contribution is 6.08. The zero-order chi connectivity index (χ0) is 19.2. The van der Waals surface area contributed by atoms with Crippen molar-refractivity contribution in [2.45, 2.75) is 0 Å². The van der Waals surface area contributed by atoms with E-state index in [1.165, 1.54) is 12.1 Å². The molecule has 0 saturated heterocycles. The number of para-hydroxylation sites is 1. The van der Waals surface area contributed by atoms with Gasteiger partial charge in [0.1, 0.15) is 5.75 Å². The Kier molecular flexibility index (Phi) is 5.32. The fourth-order valence-corrected chi connectivity index (χ4v) is 2.48. The van der Waals surface area contributed by atoms with Crippen molar-refractivity contribution >= 4 is 28.7 Å². The molecule has 0 fully saturated rings. The molecule has 7 nitrogen and oxygen atoms in total. The van der Waals surface area contributed by atoms with Gasteiger partial charge in [-0.3, -0.25) is 14.9 Å². The molecule has 2 N–H and O–H groups in total. The summed E-state index contributed by atoms with van der Waals surface area (Å²) in [5.74, 6) is 0.429. The quantitative estimate of drug-likeness (QED) is 0.493. The average Bonchev–Trinajstić information content (AvgIpc) is 2.69. The Labute approximate surface area is 155 Å². The van der Waals surface area contributed by atoms with E-state index in [4.69, 9.17) is 4.74 Å². The molecule has 0 heterocycles. The maximum absolute atomic E-state index is 12.7. The van der Waals surface area contributed by atoms with Crippen molar-refractivity contribution in [3.8, 4) is 5.75 Å². The summed E-state index contributed by atoms with van der Waals surface area (Å²) in [6, 6.07) is 20.1. The van der Waals surface area contributed by atoms with Crippen LogP contribution in [0.3, 0.4) is 0 Å². The van der Waals surface area contributed by atoms with Crippen LogP contribution in [0, 0.1) is 10.1 Å². The molecular formula is C20H17N3O4. The Hall–Kier alpha value is -3.87.